The van der Waals surface area contributed by atoms with Crippen LogP contribution < -0.4 is 4.90 Å². The normalized spacial score (nSPS) is 20.2. The minimum absolute atomic E-state index is 0.289. The van der Waals surface area contributed by atoms with Gasteiger partial charge in [0, 0.05) is 13.1 Å². The molecular weight excluding hydrogens is 250 g/mol. The van der Waals surface area contributed by atoms with E-state index in [-0.39, 0.29) is 5.92 Å². The Morgan fingerprint density at radius 2 is 2.39 bits per heavy atom. The van der Waals surface area contributed by atoms with Crippen molar-refractivity contribution in [3.8, 4) is 0 Å². The number of hydrogen-bond acceptors (Lipinski definition) is 5. The van der Waals surface area contributed by atoms with Gasteiger partial charge in [-0.2, -0.15) is 0 Å². The van der Waals surface area contributed by atoms with Gasteiger partial charge in [-0.15, -0.1) is 11.3 Å². The van der Waals surface area contributed by atoms with Crippen molar-refractivity contribution in [1.82, 2.24) is 9.97 Å². The maximum Gasteiger partial charge on any atom is 0.308 e. The smallest absolute Gasteiger partial charge is 0.308 e. The summed E-state index contributed by atoms with van der Waals surface area (Å²) in [5.74, 6) is -0.134. The molecule has 3 rings (SSSR count). The van der Waals surface area contributed by atoms with Crippen molar-refractivity contribution < 1.29 is 9.90 Å². The molecule has 0 radical (unpaired) electrons. The number of carboxylic acids is 1. The Kier molecular flexibility index (Phi) is 2.87. The van der Waals surface area contributed by atoms with E-state index in [4.69, 9.17) is 5.11 Å². The molecule has 1 fully saturated rings. The molecule has 18 heavy (non-hydrogen) atoms. The molecule has 2 aromatic heterocycles. The largest absolute Gasteiger partial charge is 0.481 e. The molecular formula is C12H13N3O2S. The molecule has 94 valence electrons. The van der Waals surface area contributed by atoms with Gasteiger partial charge in [0.1, 0.15) is 17.0 Å². The standard InChI is InChI=1S/C12H13N3O2S/c16-12(17)8-2-1-4-15(6-8)10-9-3-5-18-11(9)14-7-13-10/h3,5,7-8H,1-2,4,6H2,(H,16,17). The van der Waals surface area contributed by atoms with Crippen LogP contribution in [0, 0.1) is 5.92 Å². The highest BCUT2D eigenvalue weighted by molar-refractivity contribution is 7.16. The molecule has 1 N–H and O–H groups in total. The lowest BCUT2D eigenvalue weighted by Gasteiger charge is -2.31. The maximum absolute atomic E-state index is 11.1. The number of anilines is 1. The lowest BCUT2D eigenvalue weighted by atomic mass is 9.98. The fraction of sp³-hybridized carbons (Fsp3) is 0.417. The van der Waals surface area contributed by atoms with E-state index in [1.807, 2.05) is 11.4 Å². The minimum atomic E-state index is -0.713. The van der Waals surface area contributed by atoms with Gasteiger partial charge in [-0.1, -0.05) is 0 Å². The van der Waals surface area contributed by atoms with Gasteiger partial charge >= 0.3 is 5.97 Å². The van der Waals surface area contributed by atoms with Crippen molar-refractivity contribution in [2.24, 2.45) is 5.92 Å². The van der Waals surface area contributed by atoms with Gasteiger partial charge in [0.05, 0.1) is 11.3 Å². The quantitative estimate of drug-likeness (QED) is 0.897. The molecule has 1 atom stereocenters. The molecule has 0 saturated carbocycles. The molecule has 0 aromatic carbocycles. The highest BCUT2D eigenvalue weighted by Gasteiger charge is 2.27. The van der Waals surface area contributed by atoms with Gasteiger partial charge < -0.3 is 10.0 Å². The van der Waals surface area contributed by atoms with E-state index in [9.17, 15) is 4.79 Å². The number of fused-ring (bicyclic) bond motifs is 1. The Labute approximate surface area is 108 Å². The number of hydrogen-bond donors (Lipinski definition) is 1. The van der Waals surface area contributed by atoms with Crippen LogP contribution in [0.1, 0.15) is 12.8 Å². The second-order valence-electron chi connectivity index (χ2n) is 4.46. The van der Waals surface area contributed by atoms with Crippen molar-refractivity contribution in [3.05, 3.63) is 17.8 Å². The average molecular weight is 263 g/mol. The van der Waals surface area contributed by atoms with Crippen molar-refractivity contribution in [2.45, 2.75) is 12.8 Å². The Morgan fingerprint density at radius 1 is 1.50 bits per heavy atom. The van der Waals surface area contributed by atoms with E-state index >= 15 is 0 Å². The van der Waals surface area contributed by atoms with Gasteiger partial charge in [0.15, 0.2) is 0 Å². The predicted octanol–water partition coefficient (Wildman–Crippen LogP) is 1.99. The summed E-state index contributed by atoms with van der Waals surface area (Å²) in [6.07, 6.45) is 3.20. The zero-order chi connectivity index (χ0) is 12.5. The number of rotatable bonds is 2. The Bertz CT molecular complexity index is 583. The van der Waals surface area contributed by atoms with E-state index in [1.54, 1.807) is 17.7 Å². The molecule has 0 aliphatic carbocycles. The van der Waals surface area contributed by atoms with Crippen molar-refractivity contribution in [2.75, 3.05) is 18.0 Å². The number of carboxylic acid groups (broad SMARTS) is 1. The summed E-state index contributed by atoms with van der Waals surface area (Å²) in [5.41, 5.74) is 0. The van der Waals surface area contributed by atoms with Crippen molar-refractivity contribution in [1.29, 1.82) is 0 Å². The molecule has 3 heterocycles. The molecule has 1 aliphatic rings. The van der Waals surface area contributed by atoms with E-state index in [0.717, 1.165) is 35.4 Å². The Balaban J connectivity index is 1.94. The summed E-state index contributed by atoms with van der Waals surface area (Å²) >= 11 is 1.58. The van der Waals surface area contributed by atoms with Gasteiger partial charge in [-0.25, -0.2) is 9.97 Å². The summed E-state index contributed by atoms with van der Waals surface area (Å²) in [6.45, 7) is 1.41. The van der Waals surface area contributed by atoms with Crippen LogP contribution in [0.4, 0.5) is 5.82 Å². The summed E-state index contributed by atoms with van der Waals surface area (Å²) in [7, 11) is 0. The Morgan fingerprint density at radius 3 is 3.22 bits per heavy atom. The first kappa shape index (κ1) is 11.4. The van der Waals surface area contributed by atoms with Crippen LogP contribution >= 0.6 is 11.3 Å². The zero-order valence-electron chi connectivity index (χ0n) is 9.74. The van der Waals surface area contributed by atoms with Crippen LogP contribution in [0.5, 0.6) is 0 Å². The van der Waals surface area contributed by atoms with Gasteiger partial charge in [-0.3, -0.25) is 4.79 Å². The van der Waals surface area contributed by atoms with Crippen LogP contribution in [-0.4, -0.2) is 34.1 Å². The van der Waals surface area contributed by atoms with Crippen LogP contribution in [-0.2, 0) is 4.79 Å². The predicted molar refractivity (Wildman–Crippen MR) is 70.0 cm³/mol. The lowest BCUT2D eigenvalue weighted by Crippen LogP contribution is -2.39. The summed E-state index contributed by atoms with van der Waals surface area (Å²) < 4.78 is 0. The fourth-order valence-corrected chi connectivity index (χ4v) is 3.13. The maximum atomic E-state index is 11.1. The third-order valence-corrected chi connectivity index (χ3v) is 4.13. The summed E-state index contributed by atoms with van der Waals surface area (Å²) in [6, 6.07) is 2.00. The molecule has 0 spiro atoms. The third kappa shape index (κ3) is 1.92. The van der Waals surface area contributed by atoms with Gasteiger partial charge in [-0.05, 0) is 24.3 Å². The third-order valence-electron chi connectivity index (χ3n) is 3.31. The zero-order valence-corrected chi connectivity index (χ0v) is 10.6. The molecule has 1 unspecified atom stereocenters. The molecule has 2 aromatic rings. The van der Waals surface area contributed by atoms with E-state index < -0.39 is 5.97 Å². The second-order valence-corrected chi connectivity index (χ2v) is 5.35. The first-order chi connectivity index (χ1) is 8.75. The van der Waals surface area contributed by atoms with Gasteiger partial charge in [0.25, 0.3) is 0 Å². The number of aromatic nitrogens is 2. The lowest BCUT2D eigenvalue weighted by molar-refractivity contribution is -0.141. The van der Waals surface area contributed by atoms with Crippen molar-refractivity contribution in [3.63, 3.8) is 0 Å². The van der Waals surface area contributed by atoms with E-state index in [1.165, 1.54) is 0 Å². The number of thiophene rings is 1. The van der Waals surface area contributed by atoms with Crippen LogP contribution in [0.25, 0.3) is 10.2 Å². The fourth-order valence-electron chi connectivity index (χ4n) is 2.40. The number of aliphatic carboxylic acids is 1. The number of carbonyl (C=O) groups is 1. The molecule has 0 bridgehead atoms. The second kappa shape index (κ2) is 4.53. The van der Waals surface area contributed by atoms with E-state index in [0.29, 0.717) is 6.54 Å². The monoisotopic (exact) mass is 263 g/mol. The first-order valence-corrected chi connectivity index (χ1v) is 6.79. The first-order valence-electron chi connectivity index (χ1n) is 5.91. The molecule has 1 aliphatic heterocycles. The summed E-state index contributed by atoms with van der Waals surface area (Å²) in [4.78, 5) is 22.7. The SMILES string of the molecule is O=C(O)C1CCCN(c2ncnc3sccc23)C1. The van der Waals surface area contributed by atoms with Crippen LogP contribution in [0.3, 0.4) is 0 Å². The van der Waals surface area contributed by atoms with Gasteiger partial charge in [0.2, 0.25) is 0 Å². The molecule has 0 amide bonds. The highest BCUT2D eigenvalue weighted by atomic mass is 32.1. The molecule has 6 heteroatoms. The highest BCUT2D eigenvalue weighted by Crippen LogP contribution is 2.29. The number of piperidine rings is 1. The van der Waals surface area contributed by atoms with E-state index in [2.05, 4.69) is 14.9 Å². The summed E-state index contributed by atoms with van der Waals surface area (Å²) in [5, 5.41) is 12.1. The minimum Gasteiger partial charge on any atom is -0.481 e. The van der Waals surface area contributed by atoms with Crippen LogP contribution in [0.2, 0.25) is 0 Å². The number of nitrogens with zero attached hydrogens (tertiary/aromatic N) is 3. The molecule has 5 nitrogen and oxygen atoms in total. The van der Waals surface area contributed by atoms with Crippen LogP contribution in [0.15, 0.2) is 17.8 Å². The molecule has 1 saturated heterocycles. The topological polar surface area (TPSA) is 66.3 Å². The Hall–Kier alpha value is -1.69. The van der Waals surface area contributed by atoms with Crippen molar-refractivity contribution >= 4 is 33.3 Å². The average Bonchev–Trinajstić information content (AvgIpc) is 2.87.